The number of nitrogens with two attached hydrogens (primary N) is 1. The second kappa shape index (κ2) is 62.9. The van der Waals surface area contributed by atoms with Gasteiger partial charge in [-0.2, -0.15) is 0 Å². The summed E-state index contributed by atoms with van der Waals surface area (Å²) in [5, 5.41) is 0. The normalized spacial score (nSPS) is 13.4. The number of hydrogen-bond donors (Lipinski definition) is 2. The van der Waals surface area contributed by atoms with Gasteiger partial charge in [0.1, 0.15) is 6.61 Å². The Balaban J connectivity index is 3.80. The fourth-order valence-electron chi connectivity index (χ4n) is 9.50. The van der Waals surface area contributed by atoms with Crippen LogP contribution >= 0.6 is 7.82 Å². The molecule has 0 aliphatic carbocycles. The molecule has 0 amide bonds. The molecular weight excluding hydrogens is 978 g/mol. The van der Waals surface area contributed by atoms with Gasteiger partial charge in [0.25, 0.3) is 0 Å². The number of esters is 2. The summed E-state index contributed by atoms with van der Waals surface area (Å²) in [6.45, 7) is 3.73. The molecule has 0 aliphatic rings. The minimum Gasteiger partial charge on any atom is -0.462 e. The molecule has 77 heavy (non-hydrogen) atoms. The summed E-state index contributed by atoms with van der Waals surface area (Å²) in [7, 11) is -4.39. The van der Waals surface area contributed by atoms with Crippen molar-refractivity contribution in [3.63, 3.8) is 0 Å². The average Bonchev–Trinajstić information content (AvgIpc) is 3.42. The van der Waals surface area contributed by atoms with Crippen molar-refractivity contribution in [2.75, 3.05) is 26.4 Å². The smallest absolute Gasteiger partial charge is 0.462 e. The summed E-state index contributed by atoms with van der Waals surface area (Å²) in [4.78, 5) is 35.2. The molecule has 2 atom stereocenters. The third-order valence-corrected chi connectivity index (χ3v) is 15.4. The van der Waals surface area contributed by atoms with Crippen LogP contribution in [-0.2, 0) is 32.7 Å². The van der Waals surface area contributed by atoms with E-state index < -0.39 is 26.5 Å². The molecule has 9 nitrogen and oxygen atoms in total. The molecule has 0 aromatic carbocycles. The molecule has 0 rings (SSSR count). The molecule has 0 saturated heterocycles. The highest BCUT2D eigenvalue weighted by Crippen LogP contribution is 2.43. The van der Waals surface area contributed by atoms with Gasteiger partial charge in [0.05, 0.1) is 13.2 Å². The van der Waals surface area contributed by atoms with Crippen molar-refractivity contribution in [2.24, 2.45) is 5.73 Å². The number of ether oxygens (including phenoxy) is 2. The molecule has 0 radical (unpaired) electrons. The fourth-order valence-corrected chi connectivity index (χ4v) is 10.3. The molecule has 0 aromatic heterocycles. The fraction of sp³-hybridized carbons (Fsp3) is 0.821. The van der Waals surface area contributed by atoms with Crippen molar-refractivity contribution >= 4 is 19.8 Å². The van der Waals surface area contributed by atoms with Gasteiger partial charge in [-0.15, -0.1) is 0 Å². The number of unbranched alkanes of at least 4 members (excludes halogenated alkanes) is 39. The minimum atomic E-state index is -4.39. The first-order chi connectivity index (χ1) is 37.8. The van der Waals surface area contributed by atoms with Crippen LogP contribution in [0.4, 0.5) is 0 Å². The summed E-state index contributed by atoms with van der Waals surface area (Å²) in [6, 6.07) is 0. The maximum absolute atomic E-state index is 12.7. The Morgan fingerprint density at radius 2 is 0.675 bits per heavy atom. The zero-order chi connectivity index (χ0) is 55.9. The number of carbonyl (C=O) groups excluding carboxylic acids is 2. The standard InChI is InChI=1S/C67H124NO8P/c1-3-5-7-9-11-13-15-17-19-21-23-24-25-26-27-28-29-30-31-32-33-34-35-36-37-38-39-40-42-43-45-47-49-51-53-55-57-59-66(69)73-63-65(64-75-77(71,72)74-62-61-68)76-67(70)60-58-56-54-52-50-48-46-44-41-22-20-18-16-14-12-10-8-6-4-2/h12,14-15,17-18,20-21,23,41,44,65H,3-11,13,16,19,22,24-40,42-43,45-64,68H2,1-2H3,(H,71,72)/b14-12-,17-15-,20-18-,23-21-,44-41-. The Morgan fingerprint density at radius 1 is 0.390 bits per heavy atom. The lowest BCUT2D eigenvalue weighted by molar-refractivity contribution is -0.161. The predicted octanol–water partition coefficient (Wildman–Crippen LogP) is 21.1. The third kappa shape index (κ3) is 62.8. The van der Waals surface area contributed by atoms with E-state index in [1.54, 1.807) is 0 Å². The van der Waals surface area contributed by atoms with E-state index in [1.807, 2.05) is 0 Å². The van der Waals surface area contributed by atoms with Gasteiger partial charge in [-0.3, -0.25) is 18.6 Å². The summed E-state index contributed by atoms with van der Waals surface area (Å²) in [6.07, 6.45) is 80.3. The number of hydrogen-bond acceptors (Lipinski definition) is 8. The Morgan fingerprint density at radius 3 is 1.03 bits per heavy atom. The van der Waals surface area contributed by atoms with Gasteiger partial charge < -0.3 is 20.1 Å². The van der Waals surface area contributed by atoms with E-state index in [0.29, 0.717) is 6.42 Å². The Kier molecular flexibility index (Phi) is 61.0. The van der Waals surface area contributed by atoms with E-state index in [2.05, 4.69) is 74.6 Å². The molecule has 0 aromatic rings. The maximum atomic E-state index is 12.7. The summed E-state index contributed by atoms with van der Waals surface area (Å²) < 4.78 is 33.1. The van der Waals surface area contributed by atoms with Gasteiger partial charge in [0.2, 0.25) is 0 Å². The quantitative estimate of drug-likeness (QED) is 0.0264. The SMILES string of the molecule is CCCCC/C=C\C/C=C\C/C=C\CCCCCCCCC(=O)OC(COC(=O)CCCCCCCCCCCCCCCCCCCCCCCCCCC/C=C\C/C=C\CCCCCCC)COP(=O)(O)OCCN. The topological polar surface area (TPSA) is 134 Å². The van der Waals surface area contributed by atoms with Crippen LogP contribution in [0.15, 0.2) is 60.8 Å². The molecule has 0 bridgehead atoms. The van der Waals surface area contributed by atoms with Crippen LogP contribution in [0.5, 0.6) is 0 Å². The number of carbonyl (C=O) groups is 2. The number of rotatable bonds is 62. The summed E-state index contributed by atoms with van der Waals surface area (Å²) >= 11 is 0. The second-order valence-electron chi connectivity index (χ2n) is 22.0. The zero-order valence-electron chi connectivity index (χ0n) is 50.4. The summed E-state index contributed by atoms with van der Waals surface area (Å²) in [5.41, 5.74) is 5.39. The highest BCUT2D eigenvalue weighted by molar-refractivity contribution is 7.47. The number of phosphoric acid groups is 1. The van der Waals surface area contributed by atoms with Crippen LogP contribution < -0.4 is 5.73 Å². The molecule has 0 saturated carbocycles. The highest BCUT2D eigenvalue weighted by atomic mass is 31.2. The van der Waals surface area contributed by atoms with E-state index >= 15 is 0 Å². The third-order valence-electron chi connectivity index (χ3n) is 14.4. The summed E-state index contributed by atoms with van der Waals surface area (Å²) in [5.74, 6) is -0.830. The second-order valence-corrected chi connectivity index (χ2v) is 23.4. The molecule has 450 valence electrons. The molecule has 0 fully saturated rings. The van der Waals surface area contributed by atoms with E-state index in [-0.39, 0.29) is 38.6 Å². The monoisotopic (exact) mass is 1100 g/mol. The van der Waals surface area contributed by atoms with Crippen LogP contribution in [0, 0.1) is 0 Å². The largest absolute Gasteiger partial charge is 0.472 e. The maximum Gasteiger partial charge on any atom is 0.472 e. The zero-order valence-corrected chi connectivity index (χ0v) is 51.3. The van der Waals surface area contributed by atoms with Crippen molar-refractivity contribution in [3.8, 4) is 0 Å². The first kappa shape index (κ1) is 74.7. The van der Waals surface area contributed by atoms with Crippen LogP contribution in [0.3, 0.4) is 0 Å². The first-order valence-electron chi connectivity index (χ1n) is 32.8. The lowest BCUT2D eigenvalue weighted by atomic mass is 10.0. The van der Waals surface area contributed by atoms with Gasteiger partial charge in [0, 0.05) is 19.4 Å². The van der Waals surface area contributed by atoms with Crippen LogP contribution in [0.1, 0.15) is 322 Å². The molecule has 0 heterocycles. The van der Waals surface area contributed by atoms with Crippen LogP contribution in [0.2, 0.25) is 0 Å². The van der Waals surface area contributed by atoms with Crippen molar-refractivity contribution in [3.05, 3.63) is 60.8 Å². The van der Waals surface area contributed by atoms with Gasteiger partial charge in [-0.25, -0.2) is 4.57 Å². The minimum absolute atomic E-state index is 0.0507. The Labute approximate surface area is 476 Å². The molecule has 3 N–H and O–H groups in total. The van der Waals surface area contributed by atoms with Crippen molar-refractivity contribution < 1.29 is 37.6 Å². The lowest BCUT2D eigenvalue weighted by Crippen LogP contribution is -2.29. The van der Waals surface area contributed by atoms with Gasteiger partial charge in [0.15, 0.2) is 6.10 Å². The molecule has 0 aliphatic heterocycles. The molecule has 2 unspecified atom stereocenters. The van der Waals surface area contributed by atoms with E-state index in [1.165, 1.54) is 212 Å². The number of allylic oxidation sites excluding steroid dienone is 10. The molecule has 0 spiro atoms. The van der Waals surface area contributed by atoms with Gasteiger partial charge in [-0.05, 0) is 83.5 Å². The van der Waals surface area contributed by atoms with Crippen molar-refractivity contribution in [1.82, 2.24) is 0 Å². The van der Waals surface area contributed by atoms with Crippen LogP contribution in [-0.4, -0.2) is 49.3 Å². The van der Waals surface area contributed by atoms with Gasteiger partial charge >= 0.3 is 19.8 Å². The molecule has 10 heteroatoms. The van der Waals surface area contributed by atoms with E-state index in [0.717, 1.165) is 77.0 Å². The lowest BCUT2D eigenvalue weighted by Gasteiger charge is -2.19. The average molecular weight is 1100 g/mol. The number of phosphoric ester groups is 1. The molecular formula is C67H124NO8P. The Bertz CT molecular complexity index is 1440. The Hall–Kier alpha value is -2.29. The van der Waals surface area contributed by atoms with Crippen molar-refractivity contribution in [2.45, 2.75) is 328 Å². The van der Waals surface area contributed by atoms with E-state index in [9.17, 15) is 19.0 Å². The van der Waals surface area contributed by atoms with Crippen LogP contribution in [0.25, 0.3) is 0 Å². The van der Waals surface area contributed by atoms with Crippen molar-refractivity contribution in [1.29, 1.82) is 0 Å². The van der Waals surface area contributed by atoms with E-state index in [4.69, 9.17) is 24.3 Å². The first-order valence-corrected chi connectivity index (χ1v) is 34.3. The highest BCUT2D eigenvalue weighted by Gasteiger charge is 2.26. The predicted molar refractivity (Wildman–Crippen MR) is 330 cm³/mol. The van der Waals surface area contributed by atoms with Gasteiger partial charge in [-0.1, -0.05) is 286 Å².